The van der Waals surface area contributed by atoms with Crippen molar-refractivity contribution in [2.45, 2.75) is 18.7 Å². The van der Waals surface area contributed by atoms with Crippen LogP contribution < -0.4 is 4.74 Å². The molecule has 0 heterocycles. The van der Waals surface area contributed by atoms with Gasteiger partial charge in [0.15, 0.2) is 0 Å². The van der Waals surface area contributed by atoms with Crippen molar-refractivity contribution in [2.75, 3.05) is 6.61 Å². The summed E-state index contributed by atoms with van der Waals surface area (Å²) < 4.78 is 5.55. The summed E-state index contributed by atoms with van der Waals surface area (Å²) in [5.41, 5.74) is 1.48. The number of azo groups is 1. The molecule has 1 N–H and O–H groups in total. The molecular formula is C17H17ClN2O3. The van der Waals surface area contributed by atoms with E-state index in [-0.39, 0.29) is 10.9 Å². The Morgan fingerprint density at radius 2 is 1.61 bits per heavy atom. The number of halogens is 1. The second kappa shape index (κ2) is 8.29. The van der Waals surface area contributed by atoms with E-state index in [2.05, 4.69) is 10.2 Å². The molecule has 0 aliphatic rings. The minimum absolute atomic E-state index is 0.00291. The van der Waals surface area contributed by atoms with Crippen LogP contribution >= 0.6 is 11.6 Å². The van der Waals surface area contributed by atoms with E-state index in [1.165, 1.54) is 12.1 Å². The summed E-state index contributed by atoms with van der Waals surface area (Å²) in [6.07, 6.45) is 0.856. The van der Waals surface area contributed by atoms with Crippen molar-refractivity contribution in [3.8, 4) is 5.75 Å². The molecule has 1 atom stereocenters. The van der Waals surface area contributed by atoms with Gasteiger partial charge in [0.1, 0.15) is 12.4 Å². The van der Waals surface area contributed by atoms with E-state index in [1.54, 1.807) is 36.4 Å². The number of alkyl halides is 1. The lowest BCUT2D eigenvalue weighted by Crippen LogP contribution is -2.10. The highest BCUT2D eigenvalue weighted by Crippen LogP contribution is 2.22. The maximum atomic E-state index is 10.8. The molecule has 0 aromatic heterocycles. The first-order valence-electron chi connectivity index (χ1n) is 7.20. The Hall–Kier alpha value is -2.40. The molecule has 0 fully saturated rings. The van der Waals surface area contributed by atoms with Gasteiger partial charge >= 0.3 is 5.97 Å². The van der Waals surface area contributed by atoms with Gasteiger partial charge < -0.3 is 9.84 Å². The zero-order chi connectivity index (χ0) is 16.7. The first kappa shape index (κ1) is 17.0. The Bertz CT molecular complexity index is 669. The van der Waals surface area contributed by atoms with Gasteiger partial charge in [0.25, 0.3) is 0 Å². The minimum atomic E-state index is -0.966. The van der Waals surface area contributed by atoms with Crippen LogP contribution in [0, 0.1) is 0 Å². The second-order valence-electron chi connectivity index (χ2n) is 4.86. The third-order valence-electron chi connectivity index (χ3n) is 3.11. The average Bonchev–Trinajstić information content (AvgIpc) is 2.59. The van der Waals surface area contributed by atoms with Crippen LogP contribution in [-0.4, -0.2) is 23.1 Å². The molecule has 0 spiro atoms. The number of rotatable bonds is 7. The van der Waals surface area contributed by atoms with Crippen LogP contribution in [-0.2, 0) is 0 Å². The molecule has 0 radical (unpaired) electrons. The molecule has 0 amide bonds. The first-order chi connectivity index (χ1) is 11.1. The van der Waals surface area contributed by atoms with Crippen LogP contribution in [0.3, 0.4) is 0 Å². The summed E-state index contributed by atoms with van der Waals surface area (Å²) in [4.78, 5) is 10.8. The topological polar surface area (TPSA) is 71.2 Å². The molecule has 6 heteroatoms. The normalized spacial score (nSPS) is 12.3. The van der Waals surface area contributed by atoms with E-state index in [0.717, 1.165) is 12.2 Å². The Morgan fingerprint density at radius 3 is 2.09 bits per heavy atom. The van der Waals surface area contributed by atoms with Crippen molar-refractivity contribution in [2.24, 2.45) is 10.2 Å². The fourth-order valence-corrected chi connectivity index (χ4v) is 1.76. The largest absolute Gasteiger partial charge is 0.492 e. The van der Waals surface area contributed by atoms with Gasteiger partial charge in [-0.05, 0) is 55.0 Å². The fraction of sp³-hybridized carbons (Fsp3) is 0.235. The van der Waals surface area contributed by atoms with Crippen molar-refractivity contribution < 1.29 is 14.6 Å². The lowest BCUT2D eigenvalue weighted by Gasteiger charge is -2.09. The summed E-state index contributed by atoms with van der Waals surface area (Å²) in [6.45, 7) is 2.47. The van der Waals surface area contributed by atoms with E-state index < -0.39 is 5.97 Å². The number of hydrogen-bond acceptors (Lipinski definition) is 4. The van der Waals surface area contributed by atoms with Gasteiger partial charge in [0.2, 0.25) is 0 Å². The van der Waals surface area contributed by atoms with Gasteiger partial charge in [-0.3, -0.25) is 0 Å². The minimum Gasteiger partial charge on any atom is -0.492 e. The molecule has 0 aliphatic heterocycles. The molecular weight excluding hydrogens is 316 g/mol. The molecule has 2 rings (SSSR count). The summed E-state index contributed by atoms with van der Waals surface area (Å²) in [5, 5.41) is 17.0. The number of carbonyl (C=O) groups is 1. The maximum absolute atomic E-state index is 10.8. The number of hydrogen-bond donors (Lipinski definition) is 1. The molecule has 23 heavy (non-hydrogen) atoms. The average molecular weight is 333 g/mol. The van der Waals surface area contributed by atoms with Crippen molar-refractivity contribution in [1.82, 2.24) is 0 Å². The van der Waals surface area contributed by atoms with E-state index in [1.807, 2.05) is 6.92 Å². The molecule has 120 valence electrons. The lowest BCUT2D eigenvalue weighted by atomic mass is 10.2. The molecule has 2 aromatic carbocycles. The van der Waals surface area contributed by atoms with Gasteiger partial charge in [-0.1, -0.05) is 6.92 Å². The Kier molecular flexibility index (Phi) is 6.11. The molecule has 2 aromatic rings. The molecule has 1 unspecified atom stereocenters. The summed E-state index contributed by atoms with van der Waals surface area (Å²) in [5.74, 6) is -0.236. The monoisotopic (exact) mass is 332 g/mol. The highest BCUT2D eigenvalue weighted by Gasteiger charge is 2.03. The fourth-order valence-electron chi connectivity index (χ4n) is 1.70. The summed E-state index contributed by atoms with van der Waals surface area (Å²) in [6, 6.07) is 13.4. The van der Waals surface area contributed by atoms with E-state index in [4.69, 9.17) is 21.4 Å². The lowest BCUT2D eigenvalue weighted by molar-refractivity contribution is 0.0697. The Balaban J connectivity index is 1.95. The van der Waals surface area contributed by atoms with Crippen molar-refractivity contribution >= 4 is 28.9 Å². The summed E-state index contributed by atoms with van der Waals surface area (Å²) >= 11 is 6.00. The summed E-state index contributed by atoms with van der Waals surface area (Å²) in [7, 11) is 0. The highest BCUT2D eigenvalue weighted by atomic mass is 35.5. The van der Waals surface area contributed by atoms with Gasteiger partial charge in [-0.15, -0.1) is 11.6 Å². The SMILES string of the molecule is CCC(Cl)COc1ccc(N=Nc2ccc(C(=O)O)cc2)cc1. The smallest absolute Gasteiger partial charge is 0.335 e. The zero-order valence-corrected chi connectivity index (χ0v) is 13.4. The van der Waals surface area contributed by atoms with E-state index in [0.29, 0.717) is 18.0 Å². The maximum Gasteiger partial charge on any atom is 0.335 e. The van der Waals surface area contributed by atoms with Gasteiger partial charge in [0, 0.05) is 0 Å². The number of ether oxygens (including phenoxy) is 1. The van der Waals surface area contributed by atoms with Crippen molar-refractivity contribution in [3.63, 3.8) is 0 Å². The molecule has 5 nitrogen and oxygen atoms in total. The second-order valence-corrected chi connectivity index (χ2v) is 5.48. The zero-order valence-electron chi connectivity index (χ0n) is 12.6. The van der Waals surface area contributed by atoms with E-state index in [9.17, 15) is 4.79 Å². The Labute approximate surface area is 139 Å². The number of nitrogens with zero attached hydrogens (tertiary/aromatic N) is 2. The van der Waals surface area contributed by atoms with Gasteiger partial charge in [-0.25, -0.2) is 4.79 Å². The molecule has 0 bridgehead atoms. The van der Waals surface area contributed by atoms with Gasteiger partial charge in [-0.2, -0.15) is 10.2 Å². The quantitative estimate of drug-likeness (QED) is 0.559. The van der Waals surface area contributed by atoms with Crippen molar-refractivity contribution in [3.05, 3.63) is 54.1 Å². The van der Waals surface area contributed by atoms with Gasteiger partial charge in [0.05, 0.1) is 22.3 Å². The molecule has 0 saturated heterocycles. The predicted octanol–water partition coefficient (Wildman–Crippen LogP) is 5.20. The Morgan fingerprint density at radius 1 is 1.09 bits per heavy atom. The van der Waals surface area contributed by atoms with Crippen LogP contribution in [0.4, 0.5) is 11.4 Å². The van der Waals surface area contributed by atoms with Crippen LogP contribution in [0.2, 0.25) is 0 Å². The molecule has 0 aliphatic carbocycles. The van der Waals surface area contributed by atoms with Crippen LogP contribution in [0.25, 0.3) is 0 Å². The highest BCUT2D eigenvalue weighted by molar-refractivity contribution is 6.20. The third-order valence-corrected chi connectivity index (χ3v) is 3.54. The standard InChI is InChI=1S/C17H17ClN2O3/c1-2-13(18)11-23-16-9-7-15(8-10-16)20-19-14-5-3-12(4-6-14)17(21)22/h3-10,13H,2,11H2,1H3,(H,21,22). The molecule has 0 saturated carbocycles. The first-order valence-corrected chi connectivity index (χ1v) is 7.64. The predicted molar refractivity (Wildman–Crippen MR) is 89.4 cm³/mol. The van der Waals surface area contributed by atoms with E-state index >= 15 is 0 Å². The number of benzene rings is 2. The van der Waals surface area contributed by atoms with Crippen LogP contribution in [0.5, 0.6) is 5.75 Å². The number of carboxylic acids is 1. The van der Waals surface area contributed by atoms with Crippen LogP contribution in [0.1, 0.15) is 23.7 Å². The van der Waals surface area contributed by atoms with Crippen molar-refractivity contribution in [1.29, 1.82) is 0 Å². The number of carboxylic acid groups (broad SMARTS) is 1. The number of aromatic carboxylic acids is 1. The third kappa shape index (κ3) is 5.38. The van der Waals surface area contributed by atoms with Crippen LogP contribution in [0.15, 0.2) is 58.8 Å².